The van der Waals surface area contributed by atoms with Gasteiger partial charge >= 0.3 is 12.3 Å². The molecule has 5 nitrogen and oxygen atoms in total. The minimum atomic E-state index is -4.78. The zero-order chi connectivity index (χ0) is 23.4. The lowest BCUT2D eigenvalue weighted by atomic mass is 9.88. The van der Waals surface area contributed by atoms with Gasteiger partial charge in [0.25, 0.3) is 5.91 Å². The largest absolute Gasteiger partial charge is 0.496 e. The van der Waals surface area contributed by atoms with Crippen molar-refractivity contribution in [2.75, 3.05) is 12.0 Å². The number of carbonyl (C=O) groups excluding carboxylic acids is 2. The number of amides is 2. The lowest BCUT2D eigenvalue weighted by Crippen LogP contribution is -2.44. The summed E-state index contributed by atoms with van der Waals surface area (Å²) in [6.45, 7) is 4.51. The van der Waals surface area contributed by atoms with Crippen LogP contribution in [0.25, 0.3) is 0 Å². The van der Waals surface area contributed by atoms with Crippen molar-refractivity contribution in [2.24, 2.45) is 0 Å². The molecule has 0 radical (unpaired) electrons. The number of anilines is 1. The summed E-state index contributed by atoms with van der Waals surface area (Å²) in [5.74, 6) is -1.53. The maximum atomic E-state index is 16.5. The summed E-state index contributed by atoms with van der Waals surface area (Å²) in [5.41, 5.74) is -6.56. The molecule has 0 saturated carbocycles. The fourth-order valence-electron chi connectivity index (χ4n) is 3.26. The summed E-state index contributed by atoms with van der Waals surface area (Å²) in [7, 11) is 1.22. The normalized spacial score (nSPS) is 18.7. The Hall–Kier alpha value is -2.81. The number of methoxy groups -OCH3 is 1. The highest BCUT2D eigenvalue weighted by Gasteiger charge is 2.57. The third-order valence-electron chi connectivity index (χ3n) is 4.55. The number of imide groups is 1. The monoisotopic (exact) mass is 459 g/mol. The second-order valence-electron chi connectivity index (χ2n) is 7.85. The highest BCUT2D eigenvalue weighted by Crippen LogP contribution is 2.51. The van der Waals surface area contributed by atoms with Gasteiger partial charge in [-0.2, -0.15) is 13.2 Å². The van der Waals surface area contributed by atoms with Crippen LogP contribution in [0, 0.1) is 0 Å². The maximum Gasteiger partial charge on any atom is 0.421 e. The molecule has 0 aliphatic carbocycles. The lowest BCUT2D eigenvalue weighted by molar-refractivity contribution is -0.137. The number of nitrogens with zero attached hydrogens (tertiary/aromatic N) is 1. The topological polar surface area (TPSA) is 55.8 Å². The third kappa shape index (κ3) is 3.94. The van der Waals surface area contributed by atoms with E-state index in [9.17, 15) is 22.8 Å². The average Bonchev–Trinajstić information content (AvgIpc) is 2.87. The molecule has 0 bridgehead atoms. The summed E-state index contributed by atoms with van der Waals surface area (Å²) < 4.78 is 66.6. The number of carbonyl (C=O) groups is 2. The number of ether oxygens (including phenoxy) is 2. The van der Waals surface area contributed by atoms with Gasteiger partial charge < -0.3 is 9.47 Å². The van der Waals surface area contributed by atoms with Crippen LogP contribution in [-0.4, -0.2) is 24.7 Å². The van der Waals surface area contributed by atoms with Crippen molar-refractivity contribution in [3.05, 3.63) is 58.1 Å². The van der Waals surface area contributed by atoms with E-state index < -0.39 is 46.3 Å². The van der Waals surface area contributed by atoms with Crippen LogP contribution in [-0.2, 0) is 21.4 Å². The second kappa shape index (κ2) is 7.40. The van der Waals surface area contributed by atoms with Crippen molar-refractivity contribution in [1.82, 2.24) is 0 Å². The van der Waals surface area contributed by atoms with Crippen LogP contribution < -0.4 is 9.64 Å². The molecule has 0 N–H and O–H groups in total. The molecule has 0 spiro atoms. The molecular weight excluding hydrogens is 442 g/mol. The molecule has 166 valence electrons. The van der Waals surface area contributed by atoms with E-state index >= 15 is 4.39 Å². The molecule has 1 heterocycles. The summed E-state index contributed by atoms with van der Waals surface area (Å²) in [5, 5.41) is 0.186. The molecule has 1 aliphatic rings. The van der Waals surface area contributed by atoms with Crippen molar-refractivity contribution in [3.63, 3.8) is 0 Å². The van der Waals surface area contributed by atoms with E-state index in [1.807, 2.05) is 0 Å². The van der Waals surface area contributed by atoms with E-state index in [0.29, 0.717) is 12.1 Å². The van der Waals surface area contributed by atoms with E-state index in [1.165, 1.54) is 46.1 Å². The molecule has 0 fully saturated rings. The maximum absolute atomic E-state index is 16.5. The Morgan fingerprint density at radius 2 is 1.68 bits per heavy atom. The zero-order valence-corrected chi connectivity index (χ0v) is 17.7. The van der Waals surface area contributed by atoms with Crippen LogP contribution >= 0.6 is 11.6 Å². The number of alkyl halides is 4. The first-order valence-corrected chi connectivity index (χ1v) is 9.40. The van der Waals surface area contributed by atoms with Crippen molar-refractivity contribution < 1.29 is 36.6 Å². The summed E-state index contributed by atoms with van der Waals surface area (Å²) in [6.07, 6.45) is -6.08. The fraction of sp³-hybridized carbons (Fsp3) is 0.333. The molecule has 0 aromatic heterocycles. The Balaban J connectivity index is 2.28. The molecule has 2 amide bonds. The molecule has 1 unspecified atom stereocenters. The number of halogens is 5. The second-order valence-corrected chi connectivity index (χ2v) is 8.29. The number of fused-ring (bicyclic) bond motifs is 1. The Kier molecular flexibility index (Phi) is 5.46. The van der Waals surface area contributed by atoms with Gasteiger partial charge in [-0.3, -0.25) is 4.79 Å². The van der Waals surface area contributed by atoms with Crippen LogP contribution in [0.1, 0.15) is 37.5 Å². The van der Waals surface area contributed by atoms with Gasteiger partial charge in [0.05, 0.1) is 18.4 Å². The molecule has 2 aromatic rings. The minimum Gasteiger partial charge on any atom is -0.496 e. The Labute approximate surface area is 180 Å². The van der Waals surface area contributed by atoms with Crippen molar-refractivity contribution in [3.8, 4) is 5.75 Å². The van der Waals surface area contributed by atoms with Crippen LogP contribution in [0.2, 0.25) is 5.02 Å². The first-order chi connectivity index (χ1) is 14.2. The van der Waals surface area contributed by atoms with Crippen molar-refractivity contribution >= 4 is 29.3 Å². The first kappa shape index (κ1) is 22.9. The number of hydrogen-bond donors (Lipinski definition) is 0. The van der Waals surface area contributed by atoms with E-state index in [0.717, 1.165) is 6.07 Å². The van der Waals surface area contributed by atoms with Gasteiger partial charge in [0.1, 0.15) is 11.4 Å². The van der Waals surface area contributed by atoms with Crippen LogP contribution in [0.3, 0.4) is 0 Å². The summed E-state index contributed by atoms with van der Waals surface area (Å²) in [6, 6.07) is 5.75. The lowest BCUT2D eigenvalue weighted by Gasteiger charge is -2.25. The van der Waals surface area contributed by atoms with Crippen LogP contribution in [0.4, 0.5) is 28.0 Å². The van der Waals surface area contributed by atoms with E-state index in [2.05, 4.69) is 0 Å². The third-order valence-corrected chi connectivity index (χ3v) is 4.78. The SMILES string of the molecule is COc1cc(Cl)ccc1C1(F)C(=O)N(C(=O)OC(C)(C)C)c2cc(C(F)(F)F)ccc21. The summed E-state index contributed by atoms with van der Waals surface area (Å²) in [4.78, 5) is 26.2. The van der Waals surface area contributed by atoms with Crippen molar-refractivity contribution in [2.45, 2.75) is 38.2 Å². The molecule has 0 saturated heterocycles. The standard InChI is InChI=1S/C21H18ClF4NO4/c1-19(2,3)31-18(29)27-15-9-11(21(24,25)26)5-7-13(15)20(23,17(27)28)14-8-6-12(22)10-16(14)30-4/h5-10H,1-4H3. The number of hydrogen-bond acceptors (Lipinski definition) is 4. The van der Waals surface area contributed by atoms with Gasteiger partial charge in [-0.25, -0.2) is 14.1 Å². The molecule has 10 heteroatoms. The van der Waals surface area contributed by atoms with Gasteiger partial charge in [0, 0.05) is 16.1 Å². The molecule has 2 aromatic carbocycles. The average molecular weight is 460 g/mol. The quantitative estimate of drug-likeness (QED) is 0.528. The zero-order valence-electron chi connectivity index (χ0n) is 16.9. The van der Waals surface area contributed by atoms with E-state index in [4.69, 9.17) is 21.1 Å². The molecular formula is C21H18ClF4NO4. The van der Waals surface area contributed by atoms with Crippen LogP contribution in [0.15, 0.2) is 36.4 Å². The number of rotatable bonds is 2. The van der Waals surface area contributed by atoms with Gasteiger partial charge in [-0.05, 0) is 51.1 Å². The Bertz CT molecular complexity index is 1060. The smallest absolute Gasteiger partial charge is 0.421 e. The molecule has 1 aliphatic heterocycles. The van der Waals surface area contributed by atoms with Crippen LogP contribution in [0.5, 0.6) is 5.75 Å². The van der Waals surface area contributed by atoms with Gasteiger partial charge in [-0.1, -0.05) is 17.7 Å². The molecule has 1 atom stereocenters. The first-order valence-electron chi connectivity index (χ1n) is 9.02. The van der Waals surface area contributed by atoms with E-state index in [-0.39, 0.29) is 21.2 Å². The highest BCUT2D eigenvalue weighted by atomic mass is 35.5. The Morgan fingerprint density at radius 3 is 2.23 bits per heavy atom. The fourth-order valence-corrected chi connectivity index (χ4v) is 3.42. The van der Waals surface area contributed by atoms with Gasteiger partial charge in [-0.15, -0.1) is 0 Å². The van der Waals surface area contributed by atoms with Crippen molar-refractivity contribution in [1.29, 1.82) is 0 Å². The van der Waals surface area contributed by atoms with E-state index in [1.54, 1.807) is 0 Å². The van der Waals surface area contributed by atoms with Gasteiger partial charge in [0.15, 0.2) is 0 Å². The molecule has 3 rings (SSSR count). The predicted octanol–water partition coefficient (Wildman–Crippen LogP) is 5.86. The molecule has 31 heavy (non-hydrogen) atoms. The summed E-state index contributed by atoms with van der Waals surface area (Å²) >= 11 is 5.91. The highest BCUT2D eigenvalue weighted by molar-refractivity contribution is 6.30. The predicted molar refractivity (Wildman–Crippen MR) is 105 cm³/mol. The van der Waals surface area contributed by atoms with Gasteiger partial charge in [0.2, 0.25) is 5.67 Å². The Morgan fingerprint density at radius 1 is 1.06 bits per heavy atom. The number of benzene rings is 2. The minimum absolute atomic E-state index is 0.111.